The van der Waals surface area contributed by atoms with Gasteiger partial charge in [-0.15, -0.1) is 0 Å². The lowest BCUT2D eigenvalue weighted by Gasteiger charge is -2.18. The molecule has 2 rings (SSSR count). The van der Waals surface area contributed by atoms with Crippen LogP contribution < -0.4 is 0 Å². The summed E-state index contributed by atoms with van der Waals surface area (Å²) < 4.78 is 29.2. The molecule has 0 bridgehead atoms. The first-order valence-corrected chi connectivity index (χ1v) is 9.28. The summed E-state index contributed by atoms with van der Waals surface area (Å²) in [5.41, 5.74) is 11.3. The highest BCUT2D eigenvalue weighted by Gasteiger charge is 2.46. The lowest BCUT2D eigenvalue weighted by atomic mass is 9.95. The third-order valence-corrected chi connectivity index (χ3v) is 5.71. The number of hydrogen-bond acceptors (Lipinski definition) is 4. The first-order chi connectivity index (χ1) is 11.6. The van der Waals surface area contributed by atoms with Gasteiger partial charge in [-0.05, 0) is 37.1 Å². The van der Waals surface area contributed by atoms with Gasteiger partial charge in [0.15, 0.2) is 0 Å². The van der Waals surface area contributed by atoms with Crippen LogP contribution in [0, 0.1) is 0 Å². The number of benzene rings is 1. The van der Waals surface area contributed by atoms with Crippen LogP contribution in [-0.4, -0.2) is 30.6 Å². The molecule has 1 aromatic carbocycles. The van der Waals surface area contributed by atoms with Crippen LogP contribution in [0.25, 0.3) is 11.6 Å². The fourth-order valence-corrected chi connectivity index (χ4v) is 4.26. The molecular weight excluding hydrogens is 327 g/mol. The molecular formula is C17H21N2O4P. The Hall–Kier alpha value is -1.97. The SMILES string of the molecule is CCOP(=O)(OCC)C(=[N+]=[N-])C1C=C(OC)C=Cc2ccccc21. The van der Waals surface area contributed by atoms with Crippen LogP contribution in [0.1, 0.15) is 30.9 Å². The maximum absolute atomic E-state index is 13.1. The Bertz CT molecular complexity index is 741. The van der Waals surface area contributed by atoms with E-state index in [1.54, 1.807) is 33.1 Å². The molecule has 0 radical (unpaired) electrons. The molecule has 0 aliphatic heterocycles. The van der Waals surface area contributed by atoms with Gasteiger partial charge in [-0.2, -0.15) is 4.79 Å². The smallest absolute Gasteiger partial charge is 0.438 e. The van der Waals surface area contributed by atoms with Crippen LogP contribution in [-0.2, 0) is 18.3 Å². The Kier molecular flexibility index (Phi) is 6.29. The highest BCUT2D eigenvalue weighted by atomic mass is 31.2. The van der Waals surface area contributed by atoms with E-state index in [1.807, 2.05) is 30.3 Å². The molecule has 0 amide bonds. The van der Waals surface area contributed by atoms with Gasteiger partial charge >= 0.3 is 13.0 Å². The van der Waals surface area contributed by atoms with E-state index in [9.17, 15) is 10.1 Å². The topological polar surface area (TPSA) is 81.2 Å². The monoisotopic (exact) mass is 348 g/mol. The molecule has 128 valence electrons. The molecule has 0 heterocycles. The van der Waals surface area contributed by atoms with Crippen LogP contribution in [0.15, 0.2) is 42.2 Å². The van der Waals surface area contributed by atoms with Crippen molar-refractivity contribution in [2.24, 2.45) is 0 Å². The van der Waals surface area contributed by atoms with Gasteiger partial charge in [-0.3, -0.25) is 0 Å². The quantitative estimate of drug-likeness (QED) is 0.320. The summed E-state index contributed by atoms with van der Waals surface area (Å²) in [5, 5.41) is 0. The Morgan fingerprint density at radius 1 is 1.21 bits per heavy atom. The minimum atomic E-state index is -3.74. The van der Waals surface area contributed by atoms with Crippen LogP contribution in [0.4, 0.5) is 0 Å². The van der Waals surface area contributed by atoms with Gasteiger partial charge in [0.1, 0.15) is 11.7 Å². The Morgan fingerprint density at radius 3 is 2.46 bits per heavy atom. The molecule has 0 aromatic heterocycles. The lowest BCUT2D eigenvalue weighted by Crippen LogP contribution is -2.17. The number of rotatable bonds is 7. The molecule has 1 aliphatic carbocycles. The molecule has 1 unspecified atom stereocenters. The fourth-order valence-electron chi connectivity index (χ4n) is 2.57. The van der Waals surface area contributed by atoms with Crippen molar-refractivity contribution in [1.29, 1.82) is 0 Å². The molecule has 0 N–H and O–H groups in total. The molecule has 0 spiro atoms. The van der Waals surface area contributed by atoms with E-state index >= 15 is 0 Å². The van der Waals surface area contributed by atoms with Crippen molar-refractivity contribution in [2.45, 2.75) is 19.8 Å². The molecule has 0 saturated carbocycles. The van der Waals surface area contributed by atoms with Crippen molar-refractivity contribution in [2.75, 3.05) is 20.3 Å². The molecule has 24 heavy (non-hydrogen) atoms. The Labute approximate surface area is 141 Å². The predicted molar refractivity (Wildman–Crippen MR) is 92.8 cm³/mol. The van der Waals surface area contributed by atoms with Gasteiger partial charge in [0.2, 0.25) is 0 Å². The van der Waals surface area contributed by atoms with Crippen LogP contribution in [0.2, 0.25) is 0 Å². The minimum Gasteiger partial charge on any atom is -0.497 e. The van der Waals surface area contributed by atoms with Crippen molar-refractivity contribution in [1.82, 2.24) is 0 Å². The third kappa shape index (κ3) is 3.74. The van der Waals surface area contributed by atoms with E-state index in [0.717, 1.165) is 11.1 Å². The maximum atomic E-state index is 13.1. The lowest BCUT2D eigenvalue weighted by molar-refractivity contribution is -0.00734. The summed E-state index contributed by atoms with van der Waals surface area (Å²) in [6.07, 6.45) is 5.44. The van der Waals surface area contributed by atoms with E-state index in [1.165, 1.54) is 0 Å². The van der Waals surface area contributed by atoms with E-state index in [-0.39, 0.29) is 18.7 Å². The number of fused-ring (bicyclic) bond motifs is 1. The number of nitrogens with zero attached hydrogens (tertiary/aromatic N) is 2. The normalized spacial score (nSPS) is 16.6. The van der Waals surface area contributed by atoms with Crippen molar-refractivity contribution in [3.63, 3.8) is 0 Å². The minimum absolute atomic E-state index is 0.0584. The van der Waals surface area contributed by atoms with E-state index in [4.69, 9.17) is 13.8 Å². The summed E-state index contributed by atoms with van der Waals surface area (Å²) >= 11 is 0. The van der Waals surface area contributed by atoms with E-state index in [0.29, 0.717) is 5.76 Å². The first-order valence-electron chi connectivity index (χ1n) is 7.74. The zero-order valence-corrected chi connectivity index (χ0v) is 14.9. The van der Waals surface area contributed by atoms with Crippen molar-refractivity contribution in [3.8, 4) is 0 Å². The van der Waals surface area contributed by atoms with Gasteiger partial charge in [0, 0.05) is 0 Å². The van der Waals surface area contributed by atoms with Gasteiger partial charge in [-0.25, -0.2) is 4.57 Å². The number of ether oxygens (including phenoxy) is 1. The molecule has 7 heteroatoms. The van der Waals surface area contributed by atoms with Crippen LogP contribution in [0.5, 0.6) is 0 Å². The largest absolute Gasteiger partial charge is 0.497 e. The molecule has 6 nitrogen and oxygen atoms in total. The van der Waals surface area contributed by atoms with Gasteiger partial charge in [-0.1, -0.05) is 30.3 Å². The summed E-state index contributed by atoms with van der Waals surface area (Å²) in [7, 11) is -2.19. The number of methoxy groups -OCH3 is 1. The standard InChI is InChI=1S/C17H21N2O4P/c1-4-22-24(20,23-5-2)17(19-18)16-12-14(21-3)11-10-13-8-6-7-9-15(13)16/h6-12,16H,4-5H2,1-3H3. The summed E-state index contributed by atoms with van der Waals surface area (Å²) in [6.45, 7) is 3.76. The highest BCUT2D eigenvalue weighted by Crippen LogP contribution is 2.53. The van der Waals surface area contributed by atoms with E-state index in [2.05, 4.69) is 4.79 Å². The zero-order chi connectivity index (χ0) is 17.6. The molecule has 0 saturated heterocycles. The van der Waals surface area contributed by atoms with E-state index < -0.39 is 13.5 Å². The Balaban J connectivity index is 2.61. The Morgan fingerprint density at radius 2 is 1.88 bits per heavy atom. The second kappa shape index (κ2) is 8.22. The first kappa shape index (κ1) is 18.4. The highest BCUT2D eigenvalue weighted by molar-refractivity contribution is 7.72. The average Bonchev–Trinajstić information content (AvgIpc) is 2.76. The number of allylic oxidation sites excluding steroid dienone is 2. The second-order valence-electron chi connectivity index (χ2n) is 5.00. The number of hydrogen-bond donors (Lipinski definition) is 0. The molecule has 1 aliphatic rings. The summed E-state index contributed by atoms with van der Waals surface area (Å²) in [5.74, 6) is -0.0306. The summed E-state index contributed by atoms with van der Waals surface area (Å²) in [6, 6.07) is 7.57. The van der Waals surface area contributed by atoms with Crippen LogP contribution >= 0.6 is 7.60 Å². The van der Waals surface area contributed by atoms with Gasteiger partial charge < -0.3 is 19.3 Å². The van der Waals surface area contributed by atoms with Crippen molar-refractivity contribution in [3.05, 3.63) is 58.8 Å². The maximum Gasteiger partial charge on any atom is 0.438 e. The van der Waals surface area contributed by atoms with Gasteiger partial charge in [0.05, 0.1) is 20.3 Å². The molecule has 1 aromatic rings. The molecule has 1 atom stereocenters. The predicted octanol–water partition coefficient (Wildman–Crippen LogP) is 4.22. The van der Waals surface area contributed by atoms with Crippen LogP contribution in [0.3, 0.4) is 0 Å². The third-order valence-electron chi connectivity index (χ3n) is 3.58. The fraction of sp³-hybridized carbons (Fsp3) is 0.353. The van der Waals surface area contributed by atoms with Crippen molar-refractivity contribution < 1.29 is 23.1 Å². The second-order valence-corrected chi connectivity index (χ2v) is 6.97. The zero-order valence-electron chi connectivity index (χ0n) is 14.0. The molecule has 0 fully saturated rings. The van der Waals surface area contributed by atoms with Crippen molar-refractivity contribution >= 4 is 19.1 Å². The van der Waals surface area contributed by atoms with Gasteiger partial charge in [0.25, 0.3) is 0 Å². The average molecular weight is 348 g/mol. The summed E-state index contributed by atoms with van der Waals surface area (Å²) in [4.78, 5) is 3.31.